The minimum absolute atomic E-state index is 0.360. The van der Waals surface area contributed by atoms with Gasteiger partial charge in [-0.3, -0.25) is 0 Å². The number of aromatic hydroxyl groups is 1. The third kappa shape index (κ3) is 2.59. The maximum Gasteiger partial charge on any atom is 0.165 e. The van der Waals surface area contributed by atoms with Crippen LogP contribution in [0.3, 0.4) is 0 Å². The van der Waals surface area contributed by atoms with E-state index in [1.165, 1.54) is 30.5 Å². The fourth-order valence-electron chi connectivity index (χ4n) is 2.75. The Hall–Kier alpha value is -2.69. The summed E-state index contributed by atoms with van der Waals surface area (Å²) in [7, 11) is 0. The fourth-order valence-corrected chi connectivity index (χ4v) is 2.75. The van der Waals surface area contributed by atoms with Gasteiger partial charge in [0.15, 0.2) is 23.0 Å². The topological polar surface area (TPSA) is 50.4 Å². The molecular weight excluding hydrogens is 293 g/mol. The van der Waals surface area contributed by atoms with Crippen LogP contribution in [0.5, 0.6) is 5.75 Å². The molecule has 5 heteroatoms. The zero-order chi connectivity index (χ0) is 16.0. The van der Waals surface area contributed by atoms with E-state index in [2.05, 4.69) is 16.7 Å². The van der Waals surface area contributed by atoms with Crippen molar-refractivity contribution in [3.63, 3.8) is 0 Å². The van der Waals surface area contributed by atoms with E-state index in [1.54, 1.807) is 10.6 Å². The summed E-state index contributed by atoms with van der Waals surface area (Å²) in [5, 5.41) is 13.9. The molecule has 0 saturated heterocycles. The monoisotopic (exact) mass is 309 g/mol. The molecule has 4 nitrogen and oxygen atoms in total. The summed E-state index contributed by atoms with van der Waals surface area (Å²) in [5.41, 5.74) is 3.27. The van der Waals surface area contributed by atoms with Gasteiger partial charge in [0.25, 0.3) is 0 Å². The van der Waals surface area contributed by atoms with E-state index in [0.29, 0.717) is 17.9 Å². The van der Waals surface area contributed by atoms with E-state index in [1.807, 2.05) is 18.2 Å². The second-order valence-electron chi connectivity index (χ2n) is 5.98. The van der Waals surface area contributed by atoms with Crippen LogP contribution < -0.4 is 0 Å². The summed E-state index contributed by atoms with van der Waals surface area (Å²) in [6, 6.07) is 9.90. The van der Waals surface area contributed by atoms with Crippen LogP contribution in [0.2, 0.25) is 0 Å². The number of allylic oxidation sites excluding steroid dienone is 1. The number of pyridine rings is 1. The zero-order valence-corrected chi connectivity index (χ0v) is 12.5. The van der Waals surface area contributed by atoms with E-state index in [-0.39, 0.29) is 5.75 Å². The number of hydrogen-bond donors (Lipinski definition) is 1. The van der Waals surface area contributed by atoms with Gasteiger partial charge in [0.05, 0.1) is 5.69 Å². The number of fused-ring (bicyclic) bond motifs is 1. The molecule has 1 fully saturated rings. The van der Waals surface area contributed by atoms with Crippen LogP contribution >= 0.6 is 0 Å². The Bertz CT molecular complexity index is 912. The molecule has 0 unspecified atom stereocenters. The molecule has 0 bridgehead atoms. The number of nitrogens with zero attached hydrogens (tertiary/aromatic N) is 3. The minimum atomic E-state index is -0.651. The van der Waals surface area contributed by atoms with Gasteiger partial charge in [-0.15, -0.1) is 0 Å². The highest BCUT2D eigenvalue weighted by Gasteiger charge is 2.25. The molecule has 23 heavy (non-hydrogen) atoms. The molecule has 0 amide bonds. The van der Waals surface area contributed by atoms with Gasteiger partial charge < -0.3 is 5.11 Å². The van der Waals surface area contributed by atoms with Gasteiger partial charge in [-0.25, -0.2) is 13.9 Å². The van der Waals surface area contributed by atoms with E-state index in [4.69, 9.17) is 0 Å². The van der Waals surface area contributed by atoms with Crippen LogP contribution in [0.15, 0.2) is 48.6 Å². The first kappa shape index (κ1) is 13.9. The molecule has 1 saturated carbocycles. The second-order valence-corrected chi connectivity index (χ2v) is 5.98. The number of phenolic OH excluding ortho intramolecular Hbond substituents is 1. The smallest absolute Gasteiger partial charge is 0.165 e. The van der Waals surface area contributed by atoms with Gasteiger partial charge >= 0.3 is 0 Å². The summed E-state index contributed by atoms with van der Waals surface area (Å²) >= 11 is 0. The number of hydrogen-bond acceptors (Lipinski definition) is 3. The number of benzene rings is 1. The molecule has 0 aliphatic heterocycles. The molecule has 1 aliphatic carbocycles. The van der Waals surface area contributed by atoms with Gasteiger partial charge in [-0.1, -0.05) is 18.2 Å². The van der Waals surface area contributed by atoms with Crippen LogP contribution in [0.4, 0.5) is 4.39 Å². The number of phenols is 1. The summed E-state index contributed by atoms with van der Waals surface area (Å²) in [4.78, 5) is 4.54. The summed E-state index contributed by atoms with van der Waals surface area (Å²) in [6.45, 7) is 4.12. The molecule has 0 atom stereocenters. The number of rotatable bonds is 4. The highest BCUT2D eigenvalue weighted by molar-refractivity contribution is 5.63. The molecule has 4 rings (SSSR count). The Morgan fingerprint density at radius 3 is 2.87 bits per heavy atom. The predicted molar refractivity (Wildman–Crippen MR) is 85.6 cm³/mol. The molecule has 116 valence electrons. The zero-order valence-electron chi connectivity index (χ0n) is 12.5. The molecule has 2 heterocycles. The largest absolute Gasteiger partial charge is 0.505 e. The third-order valence-electron chi connectivity index (χ3n) is 4.19. The predicted octanol–water partition coefficient (Wildman–Crippen LogP) is 3.75. The lowest BCUT2D eigenvalue weighted by Gasteiger charge is -2.05. The van der Waals surface area contributed by atoms with Crippen molar-refractivity contribution < 1.29 is 9.50 Å². The van der Waals surface area contributed by atoms with Crippen molar-refractivity contribution in [2.75, 3.05) is 0 Å². The first-order valence-corrected chi connectivity index (χ1v) is 7.63. The maximum atomic E-state index is 13.6. The second kappa shape index (κ2) is 5.19. The summed E-state index contributed by atoms with van der Waals surface area (Å²) in [5.74, 6) is 0.337. The average Bonchev–Trinajstić information content (AvgIpc) is 3.30. The quantitative estimate of drug-likeness (QED) is 0.747. The molecule has 1 N–H and O–H groups in total. The van der Waals surface area contributed by atoms with Crippen LogP contribution in [0.1, 0.15) is 18.7 Å². The van der Waals surface area contributed by atoms with Crippen LogP contribution in [0.25, 0.3) is 16.9 Å². The molecule has 3 aromatic rings. The Morgan fingerprint density at radius 2 is 2.13 bits per heavy atom. The lowest BCUT2D eigenvalue weighted by molar-refractivity contribution is 0.432. The van der Waals surface area contributed by atoms with Gasteiger partial charge in [0.2, 0.25) is 0 Å². The van der Waals surface area contributed by atoms with Crippen molar-refractivity contribution in [3.05, 3.63) is 60.2 Å². The van der Waals surface area contributed by atoms with E-state index < -0.39 is 5.82 Å². The standard InChI is InChI=1S/C18H16FN3O/c1-11(12-5-6-12)9-17-20-18-4-2-3-15(22(18)21-17)13-7-8-16(23)14(19)10-13/h2-4,7-8,10,12,23H,1,5-6,9H2. The van der Waals surface area contributed by atoms with Crippen molar-refractivity contribution >= 4 is 5.65 Å². The van der Waals surface area contributed by atoms with E-state index >= 15 is 0 Å². The first-order chi connectivity index (χ1) is 11.1. The SMILES string of the molecule is C=C(Cc1nc2cccc(-c3ccc(O)c(F)c3)n2n1)C1CC1. The molecule has 1 aliphatic rings. The van der Waals surface area contributed by atoms with Crippen LogP contribution in [0, 0.1) is 11.7 Å². The molecular formula is C18H16FN3O. The van der Waals surface area contributed by atoms with E-state index in [9.17, 15) is 9.50 Å². The molecule has 1 aromatic carbocycles. The average molecular weight is 309 g/mol. The Labute approximate surface area is 132 Å². The van der Waals surface area contributed by atoms with Crippen molar-refractivity contribution in [1.82, 2.24) is 14.6 Å². The van der Waals surface area contributed by atoms with Crippen molar-refractivity contribution in [2.45, 2.75) is 19.3 Å². The summed E-state index contributed by atoms with van der Waals surface area (Å²) in [6.07, 6.45) is 3.10. The van der Waals surface area contributed by atoms with Crippen LogP contribution in [-0.4, -0.2) is 19.7 Å². The van der Waals surface area contributed by atoms with Gasteiger partial charge in [-0.2, -0.15) is 5.10 Å². The minimum Gasteiger partial charge on any atom is -0.505 e. The number of halogens is 1. The van der Waals surface area contributed by atoms with Gasteiger partial charge in [0, 0.05) is 12.0 Å². The lowest BCUT2D eigenvalue weighted by Crippen LogP contribution is -1.97. The van der Waals surface area contributed by atoms with Crippen molar-refractivity contribution in [3.8, 4) is 17.0 Å². The highest BCUT2D eigenvalue weighted by Crippen LogP contribution is 2.36. The third-order valence-corrected chi connectivity index (χ3v) is 4.19. The van der Waals surface area contributed by atoms with Crippen molar-refractivity contribution in [1.29, 1.82) is 0 Å². The Kier molecular flexibility index (Phi) is 3.15. The van der Waals surface area contributed by atoms with Crippen molar-refractivity contribution in [2.24, 2.45) is 5.92 Å². The molecule has 0 spiro atoms. The number of aromatic nitrogens is 3. The Morgan fingerprint density at radius 1 is 1.30 bits per heavy atom. The van der Waals surface area contributed by atoms with Gasteiger partial charge in [0.1, 0.15) is 0 Å². The van der Waals surface area contributed by atoms with Crippen LogP contribution in [-0.2, 0) is 6.42 Å². The fraction of sp³-hybridized carbons (Fsp3) is 0.222. The summed E-state index contributed by atoms with van der Waals surface area (Å²) < 4.78 is 15.3. The van der Waals surface area contributed by atoms with Gasteiger partial charge in [-0.05, 0) is 49.1 Å². The maximum absolute atomic E-state index is 13.6. The highest BCUT2D eigenvalue weighted by atomic mass is 19.1. The molecule has 2 aromatic heterocycles. The Balaban J connectivity index is 1.75. The normalized spacial score (nSPS) is 14.3. The molecule has 0 radical (unpaired) electrons. The lowest BCUT2D eigenvalue weighted by atomic mass is 10.1. The first-order valence-electron chi connectivity index (χ1n) is 7.63. The van der Waals surface area contributed by atoms with E-state index in [0.717, 1.165) is 17.2 Å².